The molecule has 148 valence electrons. The molecule has 0 unspecified atom stereocenters. The molecule has 7 nitrogen and oxygen atoms in total. The lowest BCUT2D eigenvalue weighted by atomic mass is 9.97. The normalized spacial score (nSPS) is 19.3. The third-order valence-corrected chi connectivity index (χ3v) is 4.75. The average molecular weight is 377 g/mol. The second kappa shape index (κ2) is 9.39. The van der Waals surface area contributed by atoms with E-state index in [4.69, 9.17) is 14.2 Å². The van der Waals surface area contributed by atoms with Crippen LogP contribution in [-0.4, -0.2) is 55.0 Å². The van der Waals surface area contributed by atoms with Crippen LogP contribution < -0.4 is 9.47 Å². The Labute approximate surface area is 159 Å². The molecule has 1 saturated heterocycles. The minimum atomic E-state index is -0.640. The summed E-state index contributed by atoms with van der Waals surface area (Å²) in [5.41, 5.74) is 0.483. The highest BCUT2D eigenvalue weighted by Crippen LogP contribution is 2.28. The number of esters is 1. The van der Waals surface area contributed by atoms with Gasteiger partial charge < -0.3 is 19.1 Å². The number of amides is 1. The molecule has 0 aromatic heterocycles. The second-order valence-corrected chi connectivity index (χ2v) is 6.80. The summed E-state index contributed by atoms with van der Waals surface area (Å²) in [6.45, 7) is 4.82. The van der Waals surface area contributed by atoms with E-state index in [-0.39, 0.29) is 37.0 Å². The molecule has 1 fully saturated rings. The maximum atomic E-state index is 12.4. The minimum Gasteiger partial charge on any atom is -0.493 e. The SMILES string of the molecule is COc1cc(C(C)=O)ccc1OCC(=O)OCC(=O)N1[C@H](C)CCC[C@@H]1C. The maximum Gasteiger partial charge on any atom is 0.344 e. The van der Waals surface area contributed by atoms with Crippen LogP contribution in [0.15, 0.2) is 18.2 Å². The summed E-state index contributed by atoms with van der Waals surface area (Å²) in [6, 6.07) is 5.01. The van der Waals surface area contributed by atoms with Gasteiger partial charge in [-0.1, -0.05) is 0 Å². The molecule has 0 N–H and O–H groups in total. The third-order valence-electron chi connectivity index (χ3n) is 4.75. The topological polar surface area (TPSA) is 82.1 Å². The zero-order chi connectivity index (χ0) is 20.0. The number of carbonyl (C=O) groups excluding carboxylic acids is 3. The predicted molar refractivity (Wildman–Crippen MR) is 99.1 cm³/mol. The molecule has 1 aromatic rings. The number of methoxy groups -OCH3 is 1. The largest absolute Gasteiger partial charge is 0.493 e. The molecular formula is C20H27NO6. The Morgan fingerprint density at radius 2 is 1.74 bits per heavy atom. The molecular weight excluding hydrogens is 350 g/mol. The number of rotatable bonds is 7. The van der Waals surface area contributed by atoms with Crippen molar-refractivity contribution in [3.63, 3.8) is 0 Å². The van der Waals surface area contributed by atoms with Gasteiger partial charge in [-0.3, -0.25) is 9.59 Å². The van der Waals surface area contributed by atoms with Crippen LogP contribution in [0.2, 0.25) is 0 Å². The molecule has 0 aliphatic carbocycles. The molecule has 1 aliphatic heterocycles. The van der Waals surface area contributed by atoms with Gasteiger partial charge >= 0.3 is 5.97 Å². The van der Waals surface area contributed by atoms with Crippen molar-refractivity contribution in [1.29, 1.82) is 0 Å². The van der Waals surface area contributed by atoms with Gasteiger partial charge in [-0.15, -0.1) is 0 Å². The zero-order valence-corrected chi connectivity index (χ0v) is 16.3. The molecule has 1 amide bonds. The number of carbonyl (C=O) groups is 3. The van der Waals surface area contributed by atoms with Gasteiger partial charge in [0, 0.05) is 17.6 Å². The summed E-state index contributed by atoms with van der Waals surface area (Å²) in [6.07, 6.45) is 3.02. The highest BCUT2D eigenvalue weighted by atomic mass is 16.6. The van der Waals surface area contributed by atoms with Crippen LogP contribution >= 0.6 is 0 Å². The van der Waals surface area contributed by atoms with E-state index in [0.717, 1.165) is 19.3 Å². The van der Waals surface area contributed by atoms with Crippen LogP contribution in [0.1, 0.15) is 50.4 Å². The molecule has 7 heteroatoms. The van der Waals surface area contributed by atoms with E-state index < -0.39 is 5.97 Å². The van der Waals surface area contributed by atoms with Gasteiger partial charge in [0.15, 0.2) is 30.5 Å². The summed E-state index contributed by atoms with van der Waals surface area (Å²) >= 11 is 0. The van der Waals surface area contributed by atoms with Crippen LogP contribution in [0, 0.1) is 0 Å². The number of hydrogen-bond donors (Lipinski definition) is 0. The van der Waals surface area contributed by atoms with Gasteiger partial charge in [0.25, 0.3) is 5.91 Å². The summed E-state index contributed by atoms with van der Waals surface area (Å²) in [5, 5.41) is 0. The van der Waals surface area contributed by atoms with Gasteiger partial charge in [-0.2, -0.15) is 0 Å². The molecule has 2 atom stereocenters. The maximum absolute atomic E-state index is 12.4. The van der Waals surface area contributed by atoms with Crippen molar-refractivity contribution in [2.75, 3.05) is 20.3 Å². The van der Waals surface area contributed by atoms with Crippen LogP contribution in [0.4, 0.5) is 0 Å². The van der Waals surface area contributed by atoms with Crippen LogP contribution in [0.25, 0.3) is 0 Å². The molecule has 0 saturated carbocycles. The number of ether oxygens (including phenoxy) is 3. The average Bonchev–Trinajstić information content (AvgIpc) is 2.64. The zero-order valence-electron chi connectivity index (χ0n) is 16.3. The highest BCUT2D eigenvalue weighted by Gasteiger charge is 2.29. The first-order valence-corrected chi connectivity index (χ1v) is 9.12. The molecule has 1 heterocycles. The van der Waals surface area contributed by atoms with Crippen molar-refractivity contribution >= 4 is 17.7 Å². The lowest BCUT2D eigenvalue weighted by Gasteiger charge is -2.38. The number of likely N-dealkylation sites (tertiary alicyclic amines) is 1. The van der Waals surface area contributed by atoms with Gasteiger partial charge in [-0.25, -0.2) is 4.79 Å². The van der Waals surface area contributed by atoms with Crippen LogP contribution in [0.3, 0.4) is 0 Å². The van der Waals surface area contributed by atoms with E-state index in [1.54, 1.807) is 23.1 Å². The fourth-order valence-corrected chi connectivity index (χ4v) is 3.31. The summed E-state index contributed by atoms with van der Waals surface area (Å²) in [5.74, 6) is -0.254. The fourth-order valence-electron chi connectivity index (χ4n) is 3.31. The number of ketones is 1. The Balaban J connectivity index is 1.86. The first-order valence-electron chi connectivity index (χ1n) is 9.12. The minimum absolute atomic E-state index is 0.0982. The van der Waals surface area contributed by atoms with Crippen molar-refractivity contribution in [3.8, 4) is 11.5 Å². The Morgan fingerprint density at radius 3 is 2.33 bits per heavy atom. The Morgan fingerprint density at radius 1 is 1.07 bits per heavy atom. The van der Waals surface area contributed by atoms with E-state index in [1.165, 1.54) is 14.0 Å². The highest BCUT2D eigenvalue weighted by molar-refractivity contribution is 5.94. The van der Waals surface area contributed by atoms with Crippen LogP contribution in [0.5, 0.6) is 11.5 Å². The second-order valence-electron chi connectivity index (χ2n) is 6.80. The number of Topliss-reactive ketones (excluding diaryl/α,β-unsaturated/α-hetero) is 1. The summed E-state index contributed by atoms with van der Waals surface area (Å²) in [4.78, 5) is 37.5. The van der Waals surface area contributed by atoms with E-state index >= 15 is 0 Å². The van der Waals surface area contributed by atoms with Gasteiger partial charge in [0.05, 0.1) is 7.11 Å². The van der Waals surface area contributed by atoms with E-state index in [0.29, 0.717) is 17.1 Å². The van der Waals surface area contributed by atoms with Crippen molar-refractivity contribution < 1.29 is 28.6 Å². The van der Waals surface area contributed by atoms with Crippen molar-refractivity contribution in [3.05, 3.63) is 23.8 Å². The number of nitrogens with zero attached hydrogens (tertiary/aromatic N) is 1. The number of benzene rings is 1. The number of hydrogen-bond acceptors (Lipinski definition) is 6. The monoisotopic (exact) mass is 377 g/mol. The molecule has 1 aliphatic rings. The van der Waals surface area contributed by atoms with Gasteiger partial charge in [0.2, 0.25) is 0 Å². The first-order chi connectivity index (χ1) is 12.8. The standard InChI is InChI=1S/C20H27NO6/c1-13-6-5-7-14(2)21(13)19(23)11-27-20(24)12-26-17-9-8-16(15(3)22)10-18(17)25-4/h8-10,13-14H,5-7,11-12H2,1-4H3/t13-,14+. The molecule has 2 rings (SSSR count). The predicted octanol–water partition coefficient (Wildman–Crippen LogP) is 2.61. The van der Waals surface area contributed by atoms with E-state index in [1.807, 2.05) is 13.8 Å². The van der Waals surface area contributed by atoms with Gasteiger partial charge in [0.1, 0.15) is 0 Å². The van der Waals surface area contributed by atoms with Crippen molar-refractivity contribution in [1.82, 2.24) is 4.90 Å². The Hall–Kier alpha value is -2.57. The fraction of sp³-hybridized carbons (Fsp3) is 0.550. The molecule has 27 heavy (non-hydrogen) atoms. The number of piperidine rings is 1. The third kappa shape index (κ3) is 5.45. The Bertz CT molecular complexity index is 692. The first kappa shape index (κ1) is 20.7. The molecule has 1 aromatic carbocycles. The summed E-state index contributed by atoms with van der Waals surface area (Å²) < 4.78 is 15.6. The Kier molecular flexibility index (Phi) is 7.21. The van der Waals surface area contributed by atoms with Crippen molar-refractivity contribution in [2.45, 2.75) is 52.1 Å². The molecule has 0 radical (unpaired) electrons. The molecule has 0 bridgehead atoms. The summed E-state index contributed by atoms with van der Waals surface area (Å²) in [7, 11) is 1.45. The van der Waals surface area contributed by atoms with E-state index in [9.17, 15) is 14.4 Å². The smallest absolute Gasteiger partial charge is 0.344 e. The quantitative estimate of drug-likeness (QED) is 0.537. The van der Waals surface area contributed by atoms with Crippen molar-refractivity contribution in [2.24, 2.45) is 0 Å². The lowest BCUT2D eigenvalue weighted by molar-refractivity contribution is -0.156. The van der Waals surface area contributed by atoms with E-state index in [2.05, 4.69) is 0 Å². The van der Waals surface area contributed by atoms with Gasteiger partial charge in [-0.05, 0) is 58.2 Å². The lowest BCUT2D eigenvalue weighted by Crippen LogP contribution is -2.49. The molecule has 0 spiro atoms. The van der Waals surface area contributed by atoms with Crippen LogP contribution in [-0.2, 0) is 14.3 Å².